The maximum absolute atomic E-state index is 15.9. The second-order valence-electron chi connectivity index (χ2n) is 13.4. The summed E-state index contributed by atoms with van der Waals surface area (Å²) in [6.07, 6.45) is 3.09. The van der Waals surface area contributed by atoms with E-state index in [2.05, 4.69) is 21.3 Å². The lowest BCUT2D eigenvalue weighted by Crippen LogP contribution is -2.45. The number of hydrogen-bond donors (Lipinski definition) is 5. The second-order valence-corrected chi connectivity index (χ2v) is 17.2. The molecule has 0 aromatic heterocycles. The van der Waals surface area contributed by atoms with E-state index in [0.717, 1.165) is 44.3 Å². The molecule has 3 fully saturated rings. The molecule has 0 bridgehead atoms. The number of rotatable bonds is 9. The Hall–Kier alpha value is -3.16. The third-order valence-corrected chi connectivity index (χ3v) is 12.4. The Morgan fingerprint density at radius 3 is 2.18 bits per heavy atom. The number of nitrogens with zero attached hydrogens (tertiary/aromatic N) is 1. The third-order valence-electron chi connectivity index (χ3n) is 9.96. The standard InChI is InChI=1S/C33H44FN5O5Si/c1-20-29(45(2,3)34)28(14-17-40)44-33(20)24-18-23(38-31(42)26-7-5-16-36-26)12-13-27(24)39(32(33)43)19-21-8-10-22(11-9-21)37-30(41)25-6-4-15-35-25/h8-13,18,20,25-26,28-29,35-36,40H,4-7,14-17,19H2,1-3H3,(H,37,41)(H,38,42)/t20-,25-,26-,28+,29-,33+/m1/s1. The minimum Gasteiger partial charge on any atom is -0.396 e. The molecule has 3 amide bonds. The molecule has 2 aromatic rings. The lowest BCUT2D eigenvalue weighted by atomic mass is 9.82. The maximum atomic E-state index is 15.9. The van der Waals surface area contributed by atoms with Crippen molar-refractivity contribution in [2.45, 2.75) is 88.0 Å². The monoisotopic (exact) mass is 637 g/mol. The number of aliphatic hydroxyl groups is 1. The average Bonchev–Trinajstić information content (AvgIpc) is 3.80. The molecule has 4 aliphatic rings. The van der Waals surface area contributed by atoms with Crippen LogP contribution in [0.3, 0.4) is 0 Å². The second kappa shape index (κ2) is 12.6. The van der Waals surface area contributed by atoms with Crippen molar-refractivity contribution >= 4 is 43.2 Å². The van der Waals surface area contributed by atoms with Gasteiger partial charge in [-0.3, -0.25) is 14.4 Å². The van der Waals surface area contributed by atoms with E-state index in [-0.39, 0.29) is 49.4 Å². The van der Waals surface area contributed by atoms with E-state index in [1.54, 1.807) is 30.1 Å². The topological polar surface area (TPSA) is 132 Å². The van der Waals surface area contributed by atoms with Crippen LogP contribution in [-0.4, -0.2) is 69.1 Å². The van der Waals surface area contributed by atoms with Crippen LogP contribution in [0.4, 0.5) is 21.2 Å². The predicted octanol–water partition coefficient (Wildman–Crippen LogP) is 3.77. The molecule has 5 N–H and O–H groups in total. The van der Waals surface area contributed by atoms with Gasteiger partial charge in [-0.05, 0) is 94.2 Å². The van der Waals surface area contributed by atoms with Gasteiger partial charge in [0.05, 0.1) is 30.4 Å². The van der Waals surface area contributed by atoms with Crippen LogP contribution < -0.4 is 26.2 Å². The maximum Gasteiger partial charge on any atom is 0.264 e. The van der Waals surface area contributed by atoms with Crippen LogP contribution >= 0.6 is 0 Å². The quantitative estimate of drug-likeness (QED) is 0.209. The smallest absolute Gasteiger partial charge is 0.264 e. The molecule has 6 rings (SSSR count). The van der Waals surface area contributed by atoms with Gasteiger partial charge in [0, 0.05) is 35.0 Å². The van der Waals surface area contributed by atoms with Crippen LogP contribution in [0.2, 0.25) is 18.6 Å². The van der Waals surface area contributed by atoms with E-state index < -0.39 is 31.6 Å². The zero-order valence-electron chi connectivity index (χ0n) is 26.2. The van der Waals surface area contributed by atoms with Crippen molar-refractivity contribution in [2.24, 2.45) is 5.92 Å². The largest absolute Gasteiger partial charge is 0.396 e. The number of ether oxygens (including phenoxy) is 1. The average molecular weight is 638 g/mol. The third kappa shape index (κ3) is 5.94. The van der Waals surface area contributed by atoms with E-state index >= 15 is 4.11 Å². The lowest BCUT2D eigenvalue weighted by molar-refractivity contribution is -0.146. The number of aliphatic hydroxyl groups excluding tert-OH is 1. The highest BCUT2D eigenvalue weighted by Gasteiger charge is 2.66. The Kier molecular flexibility index (Phi) is 8.88. The van der Waals surface area contributed by atoms with Crippen LogP contribution in [0, 0.1) is 5.92 Å². The van der Waals surface area contributed by atoms with Gasteiger partial charge in [0.1, 0.15) is 0 Å². The van der Waals surface area contributed by atoms with Crippen molar-refractivity contribution in [1.29, 1.82) is 0 Å². The van der Waals surface area contributed by atoms with E-state index in [1.807, 2.05) is 37.3 Å². The molecule has 4 heterocycles. The zero-order chi connectivity index (χ0) is 31.9. The molecule has 242 valence electrons. The first-order chi connectivity index (χ1) is 21.5. The summed E-state index contributed by atoms with van der Waals surface area (Å²) in [4.78, 5) is 41.8. The number of fused-ring (bicyclic) bond motifs is 2. The Balaban J connectivity index is 1.31. The summed E-state index contributed by atoms with van der Waals surface area (Å²) in [6.45, 7) is 6.84. The molecule has 2 aromatic carbocycles. The number of hydrogen-bond acceptors (Lipinski definition) is 7. The van der Waals surface area contributed by atoms with E-state index in [9.17, 15) is 19.5 Å². The molecule has 0 unspecified atom stereocenters. The van der Waals surface area contributed by atoms with Crippen LogP contribution in [-0.2, 0) is 31.3 Å². The van der Waals surface area contributed by atoms with Crippen molar-refractivity contribution in [3.05, 3.63) is 53.6 Å². The van der Waals surface area contributed by atoms with Crippen molar-refractivity contribution in [3.8, 4) is 0 Å². The molecular formula is C33H44FN5O5Si. The Labute approximate surface area is 264 Å². The minimum absolute atomic E-state index is 0.0591. The summed E-state index contributed by atoms with van der Waals surface area (Å²) in [5.41, 5.74) is 1.36. The van der Waals surface area contributed by atoms with E-state index in [4.69, 9.17) is 4.74 Å². The molecule has 45 heavy (non-hydrogen) atoms. The number of amides is 3. The van der Waals surface area contributed by atoms with Gasteiger partial charge in [-0.1, -0.05) is 19.1 Å². The van der Waals surface area contributed by atoms with Gasteiger partial charge in [-0.15, -0.1) is 0 Å². The van der Waals surface area contributed by atoms with Gasteiger partial charge in [0.25, 0.3) is 5.91 Å². The summed E-state index contributed by atoms with van der Waals surface area (Å²) in [5.74, 6) is -0.969. The van der Waals surface area contributed by atoms with Crippen LogP contribution in [0.25, 0.3) is 0 Å². The van der Waals surface area contributed by atoms with Gasteiger partial charge in [0.2, 0.25) is 20.2 Å². The lowest BCUT2D eigenvalue weighted by Gasteiger charge is -2.31. The highest BCUT2D eigenvalue weighted by molar-refractivity contribution is 6.72. The first-order valence-electron chi connectivity index (χ1n) is 16.1. The Bertz CT molecular complexity index is 1440. The Morgan fingerprint density at radius 2 is 1.62 bits per heavy atom. The number of halogens is 1. The van der Waals surface area contributed by atoms with E-state index in [1.165, 1.54) is 0 Å². The summed E-state index contributed by atoms with van der Waals surface area (Å²) >= 11 is 0. The van der Waals surface area contributed by atoms with Crippen molar-refractivity contribution < 1.29 is 28.3 Å². The highest BCUT2D eigenvalue weighted by atomic mass is 28.4. The van der Waals surface area contributed by atoms with Gasteiger partial charge >= 0.3 is 0 Å². The fourth-order valence-electron chi connectivity index (χ4n) is 7.83. The van der Waals surface area contributed by atoms with Crippen LogP contribution in [0.1, 0.15) is 50.2 Å². The molecule has 0 saturated carbocycles. The summed E-state index contributed by atoms with van der Waals surface area (Å²) in [6, 6.07) is 12.4. The van der Waals surface area contributed by atoms with Crippen molar-refractivity contribution in [3.63, 3.8) is 0 Å². The normalized spacial score (nSPS) is 29.4. The van der Waals surface area contributed by atoms with Crippen molar-refractivity contribution in [2.75, 3.05) is 35.2 Å². The van der Waals surface area contributed by atoms with Gasteiger partial charge in [0.15, 0.2) is 5.60 Å². The van der Waals surface area contributed by atoms with Gasteiger partial charge < -0.3 is 40.1 Å². The number of carbonyl (C=O) groups is 3. The van der Waals surface area contributed by atoms with Crippen LogP contribution in [0.15, 0.2) is 42.5 Å². The molecule has 0 radical (unpaired) electrons. The minimum atomic E-state index is -3.34. The molecular weight excluding hydrogens is 593 g/mol. The molecule has 3 saturated heterocycles. The summed E-state index contributed by atoms with van der Waals surface area (Å²) < 4.78 is 22.6. The molecule has 12 heteroatoms. The molecule has 1 spiro atoms. The summed E-state index contributed by atoms with van der Waals surface area (Å²) in [7, 11) is -3.34. The number of anilines is 3. The SMILES string of the molecule is C[C@@H]1[C@@H]([Si](C)(C)F)[C@H](CCO)O[C@@]12C(=O)N(Cc1ccc(NC(=O)[C@H]3CCCN3)cc1)c1ccc(NC(=O)[C@H]3CCCN3)cc12. The summed E-state index contributed by atoms with van der Waals surface area (Å²) in [5, 5.41) is 22.2. The molecule has 0 aliphatic carbocycles. The molecule has 4 aliphatic heterocycles. The zero-order valence-corrected chi connectivity index (χ0v) is 27.2. The highest BCUT2D eigenvalue weighted by Crippen LogP contribution is 2.60. The fraction of sp³-hybridized carbons (Fsp3) is 0.545. The number of nitrogens with one attached hydrogen (secondary N) is 4. The predicted molar refractivity (Wildman–Crippen MR) is 173 cm³/mol. The van der Waals surface area contributed by atoms with Crippen molar-refractivity contribution in [1.82, 2.24) is 10.6 Å². The number of benzene rings is 2. The molecule has 10 nitrogen and oxygen atoms in total. The fourth-order valence-corrected chi connectivity index (χ4v) is 10.4. The Morgan fingerprint density at radius 1 is 1.02 bits per heavy atom. The van der Waals surface area contributed by atoms with Crippen LogP contribution in [0.5, 0.6) is 0 Å². The van der Waals surface area contributed by atoms with Gasteiger partial charge in [-0.2, -0.15) is 0 Å². The first kappa shape index (κ1) is 31.8. The van der Waals surface area contributed by atoms with E-state index in [0.29, 0.717) is 22.6 Å². The number of carbonyl (C=O) groups excluding carboxylic acids is 3. The molecule has 6 atom stereocenters. The van der Waals surface area contributed by atoms with Gasteiger partial charge in [-0.25, -0.2) is 0 Å². The first-order valence-corrected chi connectivity index (χ1v) is 19.1.